The van der Waals surface area contributed by atoms with E-state index in [4.69, 9.17) is 4.74 Å². The molecule has 0 aliphatic carbocycles. The molecule has 0 aromatic heterocycles. The normalized spacial score (nSPS) is 15.6. The first kappa shape index (κ1) is 24.2. The fraction of sp³-hybridized carbons (Fsp3) is 0.458. The van der Waals surface area contributed by atoms with E-state index in [0.29, 0.717) is 37.4 Å². The van der Waals surface area contributed by atoms with Crippen molar-refractivity contribution < 1.29 is 17.9 Å². The highest BCUT2D eigenvalue weighted by molar-refractivity contribution is 7.89. The largest absolute Gasteiger partial charge is 0.496 e. The summed E-state index contributed by atoms with van der Waals surface area (Å²) in [7, 11) is 2.19. The molecule has 1 fully saturated rings. The standard InChI is InChI=1S/C24H33N3O4S/c1-26(2)22(21-8-4-5-9-23(21)31-3)18-25-24(28)15-12-19-10-13-20(14-11-19)32(29,30)27-16-6-7-17-27/h4-5,8-11,13-14,22H,6-7,12,15-18H2,1-3H3,(H,25,28). The number of ether oxygens (including phenoxy) is 1. The van der Waals surface area contributed by atoms with Gasteiger partial charge in [-0.1, -0.05) is 30.3 Å². The average molecular weight is 460 g/mol. The Morgan fingerprint density at radius 3 is 2.38 bits per heavy atom. The average Bonchev–Trinajstić information content (AvgIpc) is 3.34. The quantitative estimate of drug-likeness (QED) is 0.591. The van der Waals surface area contributed by atoms with Gasteiger partial charge in [0.15, 0.2) is 0 Å². The van der Waals surface area contributed by atoms with Crippen molar-refractivity contribution in [2.75, 3.05) is 40.8 Å². The Labute approximate surface area is 191 Å². The van der Waals surface area contributed by atoms with Gasteiger partial charge < -0.3 is 15.0 Å². The Hall–Kier alpha value is -2.42. The van der Waals surface area contributed by atoms with Crippen molar-refractivity contribution in [3.8, 4) is 5.75 Å². The summed E-state index contributed by atoms with van der Waals surface area (Å²) in [6.07, 6.45) is 2.72. The third kappa shape index (κ3) is 5.88. The molecule has 1 atom stereocenters. The number of carbonyl (C=O) groups excluding carboxylic acids is 1. The lowest BCUT2D eigenvalue weighted by atomic mass is 10.0. The Morgan fingerprint density at radius 2 is 1.75 bits per heavy atom. The van der Waals surface area contributed by atoms with E-state index in [1.54, 1.807) is 35.7 Å². The van der Waals surface area contributed by atoms with Crippen LogP contribution in [0.1, 0.15) is 36.4 Å². The van der Waals surface area contributed by atoms with E-state index in [9.17, 15) is 13.2 Å². The number of carbonyl (C=O) groups is 1. The minimum atomic E-state index is -3.41. The van der Waals surface area contributed by atoms with Gasteiger partial charge in [-0.3, -0.25) is 4.79 Å². The minimum absolute atomic E-state index is 0.00910. The number of hydrogen-bond acceptors (Lipinski definition) is 5. The van der Waals surface area contributed by atoms with Gasteiger partial charge in [0.1, 0.15) is 5.75 Å². The van der Waals surface area contributed by atoms with Gasteiger partial charge in [0.05, 0.1) is 18.0 Å². The summed E-state index contributed by atoms with van der Waals surface area (Å²) < 4.78 is 32.3. The van der Waals surface area contributed by atoms with Gasteiger partial charge >= 0.3 is 0 Å². The van der Waals surface area contributed by atoms with Crippen molar-refractivity contribution in [2.45, 2.75) is 36.6 Å². The maximum atomic E-state index is 12.6. The number of aryl methyl sites for hydroxylation is 1. The molecule has 1 aliphatic rings. The van der Waals surface area contributed by atoms with Gasteiger partial charge in [0, 0.05) is 31.6 Å². The summed E-state index contributed by atoms with van der Waals surface area (Å²) in [5.41, 5.74) is 1.96. The fourth-order valence-electron chi connectivity index (χ4n) is 3.97. The highest BCUT2D eigenvalue weighted by Gasteiger charge is 2.27. The van der Waals surface area contributed by atoms with Crippen LogP contribution in [0.4, 0.5) is 0 Å². The van der Waals surface area contributed by atoms with Gasteiger partial charge in [0.2, 0.25) is 15.9 Å². The molecule has 0 bridgehead atoms. The maximum Gasteiger partial charge on any atom is 0.243 e. The number of amides is 1. The molecule has 0 spiro atoms. The van der Waals surface area contributed by atoms with E-state index in [1.807, 2.05) is 38.4 Å². The third-order valence-electron chi connectivity index (χ3n) is 5.88. The fourth-order valence-corrected chi connectivity index (χ4v) is 5.49. The molecule has 8 heteroatoms. The van der Waals surface area contributed by atoms with E-state index in [0.717, 1.165) is 29.7 Å². The Balaban J connectivity index is 1.54. The summed E-state index contributed by atoms with van der Waals surface area (Å²) in [4.78, 5) is 14.8. The van der Waals surface area contributed by atoms with Crippen molar-refractivity contribution in [3.63, 3.8) is 0 Å². The molecule has 7 nitrogen and oxygen atoms in total. The van der Waals surface area contributed by atoms with Gasteiger partial charge in [-0.05, 0) is 57.1 Å². The van der Waals surface area contributed by atoms with Crippen molar-refractivity contribution in [1.82, 2.24) is 14.5 Å². The first-order valence-corrected chi connectivity index (χ1v) is 12.4. The van der Waals surface area contributed by atoms with E-state index >= 15 is 0 Å². The number of rotatable bonds is 10. The van der Waals surface area contributed by atoms with Crippen LogP contribution in [0.5, 0.6) is 5.75 Å². The number of likely N-dealkylation sites (N-methyl/N-ethyl adjacent to an activating group) is 1. The number of hydrogen-bond donors (Lipinski definition) is 1. The van der Waals surface area contributed by atoms with Crippen LogP contribution in [0.15, 0.2) is 53.4 Å². The second-order valence-corrected chi connectivity index (χ2v) is 10.2. The molecule has 1 aliphatic heterocycles. The monoisotopic (exact) mass is 459 g/mol. The molecule has 2 aromatic carbocycles. The van der Waals surface area contributed by atoms with Gasteiger partial charge in [-0.25, -0.2) is 8.42 Å². The molecule has 1 amide bonds. The zero-order valence-electron chi connectivity index (χ0n) is 19.1. The zero-order chi connectivity index (χ0) is 23.1. The van der Waals surface area contributed by atoms with E-state index in [2.05, 4.69) is 10.2 Å². The molecule has 174 valence electrons. The van der Waals surface area contributed by atoms with Crippen LogP contribution >= 0.6 is 0 Å². The zero-order valence-corrected chi connectivity index (χ0v) is 19.9. The smallest absolute Gasteiger partial charge is 0.243 e. The Morgan fingerprint density at radius 1 is 1.09 bits per heavy atom. The number of nitrogens with one attached hydrogen (secondary N) is 1. The summed E-state index contributed by atoms with van der Waals surface area (Å²) >= 11 is 0. The number of methoxy groups -OCH3 is 1. The molecule has 3 rings (SSSR count). The molecule has 1 unspecified atom stereocenters. The Kier molecular flexibility index (Phi) is 8.28. The van der Waals surface area contributed by atoms with Crippen molar-refractivity contribution in [1.29, 1.82) is 0 Å². The molecule has 0 saturated carbocycles. The molecule has 1 N–H and O–H groups in total. The number of sulfonamides is 1. The van der Waals surface area contributed by atoms with Crippen LogP contribution in [0, 0.1) is 0 Å². The second-order valence-electron chi connectivity index (χ2n) is 8.28. The lowest BCUT2D eigenvalue weighted by Crippen LogP contribution is -2.34. The molecule has 32 heavy (non-hydrogen) atoms. The van der Waals surface area contributed by atoms with Crippen molar-refractivity contribution in [2.24, 2.45) is 0 Å². The summed E-state index contributed by atoms with van der Waals surface area (Å²) in [6.45, 7) is 1.65. The molecule has 0 radical (unpaired) electrons. The maximum absolute atomic E-state index is 12.6. The highest BCUT2D eigenvalue weighted by Crippen LogP contribution is 2.27. The van der Waals surface area contributed by atoms with E-state index in [1.165, 1.54) is 0 Å². The van der Waals surface area contributed by atoms with E-state index in [-0.39, 0.29) is 11.9 Å². The van der Waals surface area contributed by atoms with Crippen LogP contribution in [-0.2, 0) is 21.2 Å². The van der Waals surface area contributed by atoms with Crippen LogP contribution in [0.2, 0.25) is 0 Å². The predicted molar refractivity (Wildman–Crippen MR) is 125 cm³/mol. The van der Waals surface area contributed by atoms with Crippen LogP contribution < -0.4 is 10.1 Å². The topological polar surface area (TPSA) is 78.9 Å². The second kappa shape index (κ2) is 10.9. The number of benzene rings is 2. The van der Waals surface area contributed by atoms with Gasteiger partial charge in [-0.15, -0.1) is 0 Å². The summed E-state index contributed by atoms with van der Waals surface area (Å²) in [5.74, 6) is 0.755. The third-order valence-corrected chi connectivity index (χ3v) is 7.79. The predicted octanol–water partition coefficient (Wildman–Crippen LogP) is 2.83. The number of nitrogens with zero attached hydrogens (tertiary/aromatic N) is 2. The van der Waals surface area contributed by atoms with Crippen LogP contribution in [0.25, 0.3) is 0 Å². The number of para-hydroxylation sites is 1. The molecule has 1 heterocycles. The SMILES string of the molecule is COc1ccccc1C(CNC(=O)CCc1ccc(S(=O)(=O)N2CCCC2)cc1)N(C)C. The first-order chi connectivity index (χ1) is 15.3. The van der Waals surface area contributed by atoms with Crippen LogP contribution in [0.3, 0.4) is 0 Å². The van der Waals surface area contributed by atoms with E-state index < -0.39 is 10.0 Å². The van der Waals surface area contributed by atoms with Gasteiger partial charge in [0.25, 0.3) is 0 Å². The minimum Gasteiger partial charge on any atom is -0.496 e. The van der Waals surface area contributed by atoms with Gasteiger partial charge in [-0.2, -0.15) is 4.31 Å². The molecular formula is C24H33N3O4S. The lowest BCUT2D eigenvalue weighted by Gasteiger charge is -2.26. The highest BCUT2D eigenvalue weighted by atomic mass is 32.2. The molecule has 2 aromatic rings. The van der Waals surface area contributed by atoms with Crippen LogP contribution in [-0.4, -0.2) is 64.4 Å². The lowest BCUT2D eigenvalue weighted by molar-refractivity contribution is -0.121. The summed E-state index contributed by atoms with van der Waals surface area (Å²) in [5, 5.41) is 3.02. The Bertz CT molecular complexity index is 1000. The molecule has 1 saturated heterocycles. The first-order valence-electron chi connectivity index (χ1n) is 11.0. The van der Waals surface area contributed by atoms with Crippen molar-refractivity contribution in [3.05, 3.63) is 59.7 Å². The molecular weight excluding hydrogens is 426 g/mol. The summed E-state index contributed by atoms with van der Waals surface area (Å²) in [6, 6.07) is 14.7. The van der Waals surface area contributed by atoms with Crippen molar-refractivity contribution >= 4 is 15.9 Å².